The van der Waals surface area contributed by atoms with E-state index in [9.17, 15) is 0 Å². The molecule has 0 amide bonds. The summed E-state index contributed by atoms with van der Waals surface area (Å²) in [7, 11) is 0. The molecule has 0 saturated heterocycles. The van der Waals surface area contributed by atoms with Gasteiger partial charge in [0.05, 0.1) is 13.2 Å². The third-order valence-corrected chi connectivity index (χ3v) is 8.86. The number of benzene rings is 1. The number of unbranched alkanes of at least 4 members (excludes halogenated alkanes) is 28. The SMILES string of the molecule is CCCCCCCCCCCCCCCCCOc1ccccc1OCCCCCCCCCCCCCCCCC. The van der Waals surface area contributed by atoms with Crippen LogP contribution >= 0.6 is 0 Å². The minimum Gasteiger partial charge on any atom is -0.490 e. The molecule has 0 aliphatic heterocycles. The van der Waals surface area contributed by atoms with Crippen LogP contribution in [0.3, 0.4) is 0 Å². The van der Waals surface area contributed by atoms with Crippen LogP contribution in [-0.2, 0) is 0 Å². The van der Waals surface area contributed by atoms with E-state index in [1.54, 1.807) is 0 Å². The van der Waals surface area contributed by atoms with Crippen LogP contribution in [0.15, 0.2) is 24.3 Å². The van der Waals surface area contributed by atoms with Gasteiger partial charge in [0.1, 0.15) is 0 Å². The highest BCUT2D eigenvalue weighted by molar-refractivity contribution is 5.39. The Balaban J connectivity index is 1.88. The summed E-state index contributed by atoms with van der Waals surface area (Å²) in [5.41, 5.74) is 0. The molecule has 0 aliphatic carbocycles. The summed E-state index contributed by atoms with van der Waals surface area (Å²) in [5, 5.41) is 0. The fourth-order valence-corrected chi connectivity index (χ4v) is 6.00. The fraction of sp³-hybridized carbons (Fsp3) is 0.850. The number of rotatable bonds is 34. The van der Waals surface area contributed by atoms with Gasteiger partial charge in [-0.2, -0.15) is 0 Å². The van der Waals surface area contributed by atoms with Crippen molar-refractivity contribution in [1.82, 2.24) is 0 Å². The number of hydrogen-bond donors (Lipinski definition) is 0. The van der Waals surface area contributed by atoms with Crippen molar-refractivity contribution in [2.24, 2.45) is 0 Å². The summed E-state index contributed by atoms with van der Waals surface area (Å²) in [6.07, 6.45) is 41.8. The van der Waals surface area contributed by atoms with Crippen LogP contribution < -0.4 is 9.47 Å². The monoisotopic (exact) mass is 587 g/mol. The average molecular weight is 587 g/mol. The molecule has 0 fully saturated rings. The quantitative estimate of drug-likeness (QED) is 0.0748. The highest BCUT2D eigenvalue weighted by Crippen LogP contribution is 2.27. The second kappa shape index (κ2) is 32.7. The summed E-state index contributed by atoms with van der Waals surface area (Å²) in [4.78, 5) is 0. The summed E-state index contributed by atoms with van der Waals surface area (Å²) in [6, 6.07) is 8.24. The van der Waals surface area contributed by atoms with Crippen molar-refractivity contribution in [1.29, 1.82) is 0 Å². The molecule has 0 heterocycles. The van der Waals surface area contributed by atoms with E-state index in [0.717, 1.165) is 37.6 Å². The Labute approximate surface area is 264 Å². The largest absolute Gasteiger partial charge is 0.490 e. The van der Waals surface area contributed by atoms with Crippen molar-refractivity contribution >= 4 is 0 Å². The summed E-state index contributed by atoms with van der Waals surface area (Å²) in [6.45, 7) is 6.20. The number of hydrogen-bond acceptors (Lipinski definition) is 2. The molecule has 0 N–H and O–H groups in total. The molecule has 2 heteroatoms. The Bertz CT molecular complexity index is 587. The second-order valence-electron chi connectivity index (χ2n) is 13.0. The molecule has 1 aromatic carbocycles. The van der Waals surface area contributed by atoms with Crippen LogP contribution in [0.4, 0.5) is 0 Å². The van der Waals surface area contributed by atoms with Crippen LogP contribution in [0.5, 0.6) is 11.5 Å². The van der Waals surface area contributed by atoms with Crippen LogP contribution in [0, 0.1) is 0 Å². The predicted molar refractivity (Wildman–Crippen MR) is 187 cm³/mol. The lowest BCUT2D eigenvalue weighted by Crippen LogP contribution is -2.02. The first-order valence-electron chi connectivity index (χ1n) is 19.2. The molecule has 1 aromatic rings. The Morgan fingerprint density at radius 3 is 0.762 bits per heavy atom. The van der Waals surface area contributed by atoms with Crippen molar-refractivity contribution in [2.45, 2.75) is 206 Å². The van der Waals surface area contributed by atoms with E-state index in [-0.39, 0.29) is 0 Å². The van der Waals surface area contributed by atoms with Gasteiger partial charge in [-0.15, -0.1) is 0 Å². The molecule has 0 bridgehead atoms. The van der Waals surface area contributed by atoms with Crippen molar-refractivity contribution < 1.29 is 9.47 Å². The zero-order valence-corrected chi connectivity index (χ0v) is 28.8. The number of para-hydroxylation sites is 2. The standard InChI is InChI=1S/C40H74O2/c1-3-5-7-9-11-13-15-17-19-21-23-25-27-29-33-37-41-39-35-31-32-36-40(39)42-38-34-30-28-26-24-22-20-18-16-14-12-10-8-6-4-2/h31-32,35-36H,3-30,33-34,37-38H2,1-2H3. The molecule has 0 aliphatic rings. The molecular weight excluding hydrogens is 512 g/mol. The summed E-state index contributed by atoms with van der Waals surface area (Å²) >= 11 is 0. The molecule has 2 nitrogen and oxygen atoms in total. The zero-order valence-electron chi connectivity index (χ0n) is 28.8. The van der Waals surface area contributed by atoms with Gasteiger partial charge in [0.2, 0.25) is 0 Å². The van der Waals surface area contributed by atoms with Crippen molar-refractivity contribution in [2.75, 3.05) is 13.2 Å². The molecule has 246 valence electrons. The van der Waals surface area contributed by atoms with Crippen LogP contribution in [0.25, 0.3) is 0 Å². The second-order valence-corrected chi connectivity index (χ2v) is 13.0. The molecule has 0 radical (unpaired) electrons. The minimum atomic E-state index is 0.803. The maximum atomic E-state index is 6.10. The normalized spacial score (nSPS) is 11.3. The lowest BCUT2D eigenvalue weighted by Gasteiger charge is -2.12. The molecule has 0 unspecified atom stereocenters. The molecule has 1 rings (SSSR count). The van der Waals surface area contributed by atoms with Crippen LogP contribution in [0.2, 0.25) is 0 Å². The van der Waals surface area contributed by atoms with E-state index in [1.807, 2.05) is 0 Å². The maximum Gasteiger partial charge on any atom is 0.161 e. The molecule has 0 aromatic heterocycles. The maximum absolute atomic E-state index is 6.10. The van der Waals surface area contributed by atoms with E-state index in [1.165, 1.54) is 180 Å². The van der Waals surface area contributed by atoms with Crippen molar-refractivity contribution in [3.8, 4) is 11.5 Å². The van der Waals surface area contributed by atoms with E-state index in [0.29, 0.717) is 0 Å². The Hall–Kier alpha value is -1.18. The van der Waals surface area contributed by atoms with Gasteiger partial charge in [-0.3, -0.25) is 0 Å². The lowest BCUT2D eigenvalue weighted by molar-refractivity contribution is 0.258. The van der Waals surface area contributed by atoms with Gasteiger partial charge in [-0.05, 0) is 25.0 Å². The third kappa shape index (κ3) is 26.4. The minimum absolute atomic E-state index is 0.803. The summed E-state index contributed by atoms with van der Waals surface area (Å²) < 4.78 is 12.2. The smallest absolute Gasteiger partial charge is 0.161 e. The first kappa shape index (κ1) is 38.8. The lowest BCUT2D eigenvalue weighted by atomic mass is 10.0. The van der Waals surface area contributed by atoms with E-state index < -0.39 is 0 Å². The van der Waals surface area contributed by atoms with Gasteiger partial charge in [0, 0.05) is 0 Å². The first-order chi connectivity index (χ1) is 20.9. The number of ether oxygens (including phenoxy) is 2. The Kier molecular flexibility index (Phi) is 30.3. The van der Waals surface area contributed by atoms with Crippen LogP contribution in [-0.4, -0.2) is 13.2 Å². The Morgan fingerprint density at radius 1 is 0.310 bits per heavy atom. The highest BCUT2D eigenvalue weighted by Gasteiger charge is 2.04. The molecule has 0 spiro atoms. The molecule has 42 heavy (non-hydrogen) atoms. The van der Waals surface area contributed by atoms with E-state index >= 15 is 0 Å². The molecule has 0 saturated carbocycles. The highest BCUT2D eigenvalue weighted by atomic mass is 16.5. The predicted octanol–water partition coefficient (Wildman–Crippen LogP) is 14.2. The molecular formula is C40H74O2. The van der Waals surface area contributed by atoms with Crippen LogP contribution in [0.1, 0.15) is 206 Å². The average Bonchev–Trinajstić information content (AvgIpc) is 3.01. The van der Waals surface area contributed by atoms with Gasteiger partial charge in [-0.1, -0.05) is 206 Å². The van der Waals surface area contributed by atoms with Gasteiger partial charge in [0.25, 0.3) is 0 Å². The Morgan fingerprint density at radius 2 is 0.524 bits per heavy atom. The third-order valence-electron chi connectivity index (χ3n) is 8.86. The van der Waals surface area contributed by atoms with Gasteiger partial charge in [-0.25, -0.2) is 0 Å². The van der Waals surface area contributed by atoms with Crippen molar-refractivity contribution in [3.05, 3.63) is 24.3 Å². The van der Waals surface area contributed by atoms with Crippen molar-refractivity contribution in [3.63, 3.8) is 0 Å². The van der Waals surface area contributed by atoms with E-state index in [4.69, 9.17) is 9.47 Å². The van der Waals surface area contributed by atoms with E-state index in [2.05, 4.69) is 38.1 Å². The van der Waals surface area contributed by atoms with Gasteiger partial charge in [0.15, 0.2) is 11.5 Å². The topological polar surface area (TPSA) is 18.5 Å². The van der Waals surface area contributed by atoms with Gasteiger partial charge < -0.3 is 9.47 Å². The fourth-order valence-electron chi connectivity index (χ4n) is 6.00. The molecule has 0 atom stereocenters. The summed E-state index contributed by atoms with van der Waals surface area (Å²) in [5.74, 6) is 1.84. The first-order valence-corrected chi connectivity index (χ1v) is 19.2. The zero-order chi connectivity index (χ0) is 30.0. The van der Waals surface area contributed by atoms with Gasteiger partial charge >= 0.3 is 0 Å².